The number of amides is 1. The molecule has 1 aromatic carbocycles. The normalized spacial score (nSPS) is 16.0. The molecule has 3 nitrogen and oxygen atoms in total. The smallest absolute Gasteiger partial charge is 0.246 e. The molecule has 6 heteroatoms. The molecule has 0 spiro atoms. The number of aryl methyl sites for hydroxylation is 1. The zero-order chi connectivity index (χ0) is 19.8. The lowest BCUT2D eigenvalue weighted by Crippen LogP contribution is -2.37. The lowest BCUT2D eigenvalue weighted by atomic mass is 9.83. The van der Waals surface area contributed by atoms with E-state index in [-0.39, 0.29) is 11.8 Å². The molecule has 3 heterocycles. The number of rotatable bonds is 3. The summed E-state index contributed by atoms with van der Waals surface area (Å²) in [5, 5.41) is 0.478. The van der Waals surface area contributed by atoms with Crippen LogP contribution in [0.25, 0.3) is 11.1 Å². The lowest BCUT2D eigenvalue weighted by molar-refractivity contribution is -0.127. The third kappa shape index (κ3) is 3.48. The van der Waals surface area contributed by atoms with Crippen molar-refractivity contribution in [2.24, 2.45) is 0 Å². The number of benzene rings is 1. The number of aromatic nitrogens is 1. The van der Waals surface area contributed by atoms with Gasteiger partial charge in [0.1, 0.15) is 5.15 Å². The maximum absolute atomic E-state index is 12.4. The molecule has 1 atom stereocenters. The Hall–Kier alpha value is -2.14. The molecule has 1 amide bonds. The highest BCUT2D eigenvalue weighted by Crippen LogP contribution is 2.43. The summed E-state index contributed by atoms with van der Waals surface area (Å²) in [6.07, 6.45) is 3.18. The molecule has 2 aromatic heterocycles. The van der Waals surface area contributed by atoms with Crippen LogP contribution >= 0.6 is 34.5 Å². The Morgan fingerprint density at radius 3 is 2.79 bits per heavy atom. The fourth-order valence-electron chi connectivity index (χ4n) is 3.80. The van der Waals surface area contributed by atoms with Gasteiger partial charge in [0, 0.05) is 29.1 Å². The summed E-state index contributed by atoms with van der Waals surface area (Å²) >= 11 is 13.9. The Morgan fingerprint density at radius 2 is 2.04 bits per heavy atom. The van der Waals surface area contributed by atoms with E-state index in [9.17, 15) is 4.79 Å². The van der Waals surface area contributed by atoms with Crippen molar-refractivity contribution >= 4 is 40.4 Å². The number of thiophene rings is 1. The van der Waals surface area contributed by atoms with Crippen LogP contribution in [-0.2, 0) is 11.3 Å². The zero-order valence-electron chi connectivity index (χ0n) is 15.3. The minimum atomic E-state index is -0.0676. The van der Waals surface area contributed by atoms with Crippen LogP contribution in [0.15, 0.2) is 55.3 Å². The van der Waals surface area contributed by atoms with Crippen molar-refractivity contribution in [1.82, 2.24) is 9.88 Å². The summed E-state index contributed by atoms with van der Waals surface area (Å²) in [5.41, 5.74) is 5.53. The number of fused-ring (bicyclic) bond motifs is 1. The lowest BCUT2D eigenvalue weighted by Gasteiger charge is -2.33. The fourth-order valence-corrected chi connectivity index (χ4v) is 5.37. The van der Waals surface area contributed by atoms with Gasteiger partial charge in [-0.05, 0) is 47.4 Å². The summed E-state index contributed by atoms with van der Waals surface area (Å²) in [6.45, 7) is 6.83. The third-order valence-corrected chi connectivity index (χ3v) is 6.59. The van der Waals surface area contributed by atoms with Crippen LogP contribution in [0.4, 0.5) is 0 Å². The van der Waals surface area contributed by atoms with E-state index in [0.717, 1.165) is 31.5 Å². The van der Waals surface area contributed by atoms with Crippen molar-refractivity contribution in [1.29, 1.82) is 0 Å². The number of nitrogens with zero attached hydrogens (tertiary/aromatic N) is 2. The summed E-state index contributed by atoms with van der Waals surface area (Å²) in [4.78, 5) is 19.6. The van der Waals surface area contributed by atoms with Crippen LogP contribution in [0.2, 0.25) is 9.49 Å². The van der Waals surface area contributed by atoms with E-state index in [1.165, 1.54) is 23.0 Å². The van der Waals surface area contributed by atoms with Crippen LogP contribution in [0, 0.1) is 6.92 Å². The Bertz CT molecular complexity index is 1080. The molecule has 0 fully saturated rings. The first kappa shape index (κ1) is 19.2. The van der Waals surface area contributed by atoms with Crippen molar-refractivity contribution in [3.8, 4) is 11.1 Å². The van der Waals surface area contributed by atoms with Gasteiger partial charge < -0.3 is 4.90 Å². The molecule has 0 aliphatic carbocycles. The predicted molar refractivity (Wildman–Crippen MR) is 116 cm³/mol. The van der Waals surface area contributed by atoms with Crippen molar-refractivity contribution in [2.45, 2.75) is 19.4 Å². The van der Waals surface area contributed by atoms with Crippen LogP contribution in [0.1, 0.15) is 27.5 Å². The molecule has 0 bridgehead atoms. The van der Waals surface area contributed by atoms with E-state index < -0.39 is 0 Å². The van der Waals surface area contributed by atoms with E-state index in [2.05, 4.69) is 23.7 Å². The molecule has 1 aliphatic heterocycles. The SMILES string of the molecule is C=CC(=O)N1Cc2sc(Cl)cc2[C@@H](c2ccccc2-c2cnc(Cl)cc2C)C1. The maximum atomic E-state index is 12.4. The van der Waals surface area contributed by atoms with Gasteiger partial charge in [-0.25, -0.2) is 4.98 Å². The van der Waals surface area contributed by atoms with E-state index in [4.69, 9.17) is 23.2 Å². The summed E-state index contributed by atoms with van der Waals surface area (Å²) in [5.74, 6) is -0.0373. The minimum Gasteiger partial charge on any atom is -0.333 e. The number of hydrogen-bond acceptors (Lipinski definition) is 3. The molecule has 0 N–H and O–H groups in total. The summed E-state index contributed by atoms with van der Waals surface area (Å²) < 4.78 is 0.740. The average molecular weight is 429 g/mol. The van der Waals surface area contributed by atoms with E-state index in [1.807, 2.05) is 42.3 Å². The molecular weight excluding hydrogens is 411 g/mol. The second kappa shape index (κ2) is 7.70. The minimum absolute atomic E-state index is 0.0303. The van der Waals surface area contributed by atoms with Gasteiger partial charge in [-0.1, -0.05) is 54.0 Å². The first-order valence-corrected chi connectivity index (χ1v) is 10.5. The molecule has 28 heavy (non-hydrogen) atoms. The van der Waals surface area contributed by atoms with Gasteiger partial charge in [0.15, 0.2) is 0 Å². The van der Waals surface area contributed by atoms with E-state index in [0.29, 0.717) is 18.2 Å². The highest BCUT2D eigenvalue weighted by molar-refractivity contribution is 7.16. The Morgan fingerprint density at radius 1 is 1.25 bits per heavy atom. The maximum Gasteiger partial charge on any atom is 0.246 e. The summed E-state index contributed by atoms with van der Waals surface area (Å²) in [7, 11) is 0. The number of carbonyl (C=O) groups is 1. The van der Waals surface area contributed by atoms with Gasteiger partial charge in [-0.15, -0.1) is 11.3 Å². The van der Waals surface area contributed by atoms with Crippen LogP contribution < -0.4 is 0 Å². The zero-order valence-corrected chi connectivity index (χ0v) is 17.6. The molecule has 1 aliphatic rings. The topological polar surface area (TPSA) is 33.2 Å². The van der Waals surface area contributed by atoms with Gasteiger partial charge in [-0.3, -0.25) is 4.79 Å². The first-order valence-electron chi connectivity index (χ1n) is 8.89. The first-order chi connectivity index (χ1) is 13.5. The van der Waals surface area contributed by atoms with Crippen LogP contribution in [-0.4, -0.2) is 22.3 Å². The second-order valence-electron chi connectivity index (χ2n) is 6.81. The quantitative estimate of drug-likeness (QED) is 0.373. The standard InChI is InChI=1S/C22H18Cl2N2OS/c1-3-22(27)26-11-18(16-9-21(24)28-19(16)12-26)15-7-5-4-6-14(15)17-10-25-20(23)8-13(17)2/h3-10,18H,1,11-12H2,2H3/t18-/m1/s1. The Balaban J connectivity index is 1.86. The largest absolute Gasteiger partial charge is 0.333 e. The highest BCUT2D eigenvalue weighted by Gasteiger charge is 2.31. The van der Waals surface area contributed by atoms with Gasteiger partial charge in [0.25, 0.3) is 0 Å². The van der Waals surface area contributed by atoms with Gasteiger partial charge in [0.05, 0.1) is 10.9 Å². The fraction of sp³-hybridized carbons (Fsp3) is 0.182. The Labute approximate surface area is 178 Å². The van der Waals surface area contributed by atoms with Crippen molar-refractivity contribution in [2.75, 3.05) is 6.54 Å². The van der Waals surface area contributed by atoms with Crippen LogP contribution in [0.3, 0.4) is 0 Å². The summed E-state index contributed by atoms with van der Waals surface area (Å²) in [6, 6.07) is 12.2. The second-order valence-corrected chi connectivity index (χ2v) is 8.97. The van der Waals surface area contributed by atoms with Crippen molar-refractivity contribution in [3.05, 3.63) is 86.3 Å². The monoisotopic (exact) mass is 428 g/mol. The van der Waals surface area contributed by atoms with Crippen molar-refractivity contribution in [3.63, 3.8) is 0 Å². The molecule has 142 valence electrons. The number of halogens is 2. The van der Waals surface area contributed by atoms with Crippen molar-refractivity contribution < 1.29 is 4.79 Å². The molecule has 0 radical (unpaired) electrons. The van der Waals surface area contributed by atoms with Crippen LogP contribution in [0.5, 0.6) is 0 Å². The highest BCUT2D eigenvalue weighted by atomic mass is 35.5. The molecular formula is C22H18Cl2N2OS. The average Bonchev–Trinajstić information content (AvgIpc) is 3.07. The van der Waals surface area contributed by atoms with E-state index >= 15 is 0 Å². The molecule has 4 rings (SSSR count). The molecule has 0 saturated heterocycles. The third-order valence-electron chi connectivity index (χ3n) is 5.11. The van der Waals surface area contributed by atoms with Gasteiger partial charge >= 0.3 is 0 Å². The van der Waals surface area contributed by atoms with E-state index in [1.54, 1.807) is 0 Å². The number of carbonyl (C=O) groups excluding carboxylic acids is 1. The molecule has 3 aromatic rings. The van der Waals surface area contributed by atoms with Gasteiger partial charge in [0.2, 0.25) is 5.91 Å². The van der Waals surface area contributed by atoms with Gasteiger partial charge in [-0.2, -0.15) is 0 Å². The molecule has 0 saturated carbocycles. The number of hydrogen-bond donors (Lipinski definition) is 0. The predicted octanol–water partition coefficient (Wildman–Crippen LogP) is 6.09. The Kier molecular flexibility index (Phi) is 5.28. The molecule has 0 unspecified atom stereocenters. The number of pyridine rings is 1.